The van der Waals surface area contributed by atoms with Crippen LogP contribution in [-0.2, 0) is 16.0 Å². The molecule has 1 atom stereocenters. The summed E-state index contributed by atoms with van der Waals surface area (Å²) in [4.78, 5) is 0. The Morgan fingerprint density at radius 1 is 1.32 bits per heavy atom. The molecule has 4 nitrogen and oxygen atoms in total. The molecule has 1 fully saturated rings. The van der Waals surface area contributed by atoms with Crippen LogP contribution in [0.15, 0.2) is 18.2 Å². The second-order valence-corrected chi connectivity index (χ2v) is 6.77. The zero-order chi connectivity index (χ0) is 14.3. The molecular weight excluding hydrogens is 281 g/mol. The van der Waals surface area contributed by atoms with E-state index in [1.807, 2.05) is 0 Å². The van der Waals surface area contributed by atoms with Gasteiger partial charge in [-0.3, -0.25) is 0 Å². The zero-order valence-electron chi connectivity index (χ0n) is 9.87. The number of benzene rings is 1. The van der Waals surface area contributed by atoms with E-state index in [0.717, 1.165) is 12.1 Å². The van der Waals surface area contributed by atoms with Crippen LogP contribution < -0.4 is 11.1 Å². The van der Waals surface area contributed by atoms with Crippen molar-refractivity contribution in [2.75, 3.05) is 22.6 Å². The largest absolute Gasteiger partial charge is 0.418 e. The second kappa shape index (κ2) is 4.59. The molecule has 1 aliphatic heterocycles. The van der Waals surface area contributed by atoms with Crippen LogP contribution in [0.1, 0.15) is 12.0 Å². The summed E-state index contributed by atoms with van der Waals surface area (Å²) in [5.41, 5.74) is 4.24. The van der Waals surface area contributed by atoms with Crippen molar-refractivity contribution in [1.29, 1.82) is 0 Å². The highest BCUT2D eigenvalue weighted by Gasteiger charge is 2.34. The van der Waals surface area contributed by atoms with Gasteiger partial charge in [-0.2, -0.15) is 13.2 Å². The summed E-state index contributed by atoms with van der Waals surface area (Å²) >= 11 is 0. The van der Waals surface area contributed by atoms with Gasteiger partial charge in [-0.15, -0.1) is 0 Å². The van der Waals surface area contributed by atoms with Gasteiger partial charge < -0.3 is 11.1 Å². The Morgan fingerprint density at radius 3 is 2.53 bits per heavy atom. The van der Waals surface area contributed by atoms with Gasteiger partial charge >= 0.3 is 6.18 Å². The average Bonchev–Trinajstić information content (AvgIpc) is 2.59. The number of hydrogen-bond acceptors (Lipinski definition) is 4. The highest BCUT2D eigenvalue weighted by atomic mass is 32.2. The van der Waals surface area contributed by atoms with Crippen molar-refractivity contribution in [3.63, 3.8) is 0 Å². The van der Waals surface area contributed by atoms with Gasteiger partial charge in [0.05, 0.1) is 17.1 Å². The van der Waals surface area contributed by atoms with E-state index in [0.29, 0.717) is 6.42 Å². The summed E-state index contributed by atoms with van der Waals surface area (Å²) in [5, 5.41) is 2.80. The summed E-state index contributed by atoms with van der Waals surface area (Å²) in [6, 6.07) is 3.12. The van der Waals surface area contributed by atoms with Crippen LogP contribution in [-0.4, -0.2) is 26.0 Å². The van der Waals surface area contributed by atoms with Gasteiger partial charge in [0.2, 0.25) is 0 Å². The Bertz CT molecular complexity index is 584. The number of anilines is 2. The van der Waals surface area contributed by atoms with Gasteiger partial charge in [-0.25, -0.2) is 8.42 Å². The third-order valence-electron chi connectivity index (χ3n) is 2.96. The van der Waals surface area contributed by atoms with E-state index in [9.17, 15) is 21.6 Å². The maximum absolute atomic E-state index is 12.7. The quantitative estimate of drug-likeness (QED) is 0.817. The molecule has 1 saturated heterocycles. The molecule has 2 rings (SSSR count). The lowest BCUT2D eigenvalue weighted by Gasteiger charge is -2.16. The number of rotatable bonds is 2. The minimum absolute atomic E-state index is 0.0568. The monoisotopic (exact) mass is 294 g/mol. The van der Waals surface area contributed by atoms with Crippen molar-refractivity contribution >= 4 is 21.2 Å². The fraction of sp³-hybridized carbons (Fsp3) is 0.455. The molecule has 3 N–H and O–H groups in total. The SMILES string of the molecule is Nc1ccc(NC2CCS(=O)(=O)C2)cc1C(F)(F)F. The van der Waals surface area contributed by atoms with E-state index in [4.69, 9.17) is 5.73 Å². The molecule has 0 amide bonds. The number of sulfone groups is 1. The molecule has 0 spiro atoms. The number of nitrogens with one attached hydrogen (secondary N) is 1. The van der Waals surface area contributed by atoms with Crippen LogP contribution in [0.3, 0.4) is 0 Å². The third-order valence-corrected chi connectivity index (χ3v) is 4.73. The van der Waals surface area contributed by atoms with E-state index in [-0.39, 0.29) is 28.9 Å². The maximum Gasteiger partial charge on any atom is 0.418 e. The Labute approximate surface area is 108 Å². The van der Waals surface area contributed by atoms with Crippen LogP contribution >= 0.6 is 0 Å². The fourth-order valence-electron chi connectivity index (χ4n) is 2.04. The van der Waals surface area contributed by atoms with Gasteiger partial charge in [0, 0.05) is 17.4 Å². The first-order chi connectivity index (χ1) is 8.67. The summed E-state index contributed by atoms with van der Waals surface area (Å²) in [6.07, 6.45) is -4.13. The van der Waals surface area contributed by atoms with Crippen LogP contribution in [0.4, 0.5) is 24.5 Å². The first kappa shape index (κ1) is 14.0. The molecule has 1 heterocycles. The number of hydrogen-bond donors (Lipinski definition) is 2. The average molecular weight is 294 g/mol. The van der Waals surface area contributed by atoms with Gasteiger partial charge in [0.25, 0.3) is 0 Å². The second-order valence-electron chi connectivity index (χ2n) is 4.54. The van der Waals surface area contributed by atoms with Crippen molar-refractivity contribution in [1.82, 2.24) is 0 Å². The van der Waals surface area contributed by atoms with Crippen LogP contribution in [0.5, 0.6) is 0 Å². The number of nitrogens with two attached hydrogens (primary N) is 1. The Balaban J connectivity index is 2.19. The Hall–Kier alpha value is -1.44. The van der Waals surface area contributed by atoms with Crippen LogP contribution in [0, 0.1) is 0 Å². The lowest BCUT2D eigenvalue weighted by molar-refractivity contribution is -0.136. The van der Waals surface area contributed by atoms with Crippen molar-refractivity contribution in [3.05, 3.63) is 23.8 Å². The maximum atomic E-state index is 12.7. The molecule has 1 aliphatic rings. The predicted molar refractivity (Wildman–Crippen MR) is 66.5 cm³/mol. The molecule has 1 aromatic carbocycles. The topological polar surface area (TPSA) is 72.2 Å². The summed E-state index contributed by atoms with van der Waals surface area (Å²) < 4.78 is 60.5. The van der Waals surface area contributed by atoms with Crippen LogP contribution in [0.2, 0.25) is 0 Å². The van der Waals surface area contributed by atoms with Gasteiger partial charge in [0.1, 0.15) is 0 Å². The van der Waals surface area contributed by atoms with E-state index < -0.39 is 21.6 Å². The summed E-state index contributed by atoms with van der Waals surface area (Å²) in [7, 11) is -3.07. The first-order valence-corrected chi connectivity index (χ1v) is 7.43. The summed E-state index contributed by atoms with van der Waals surface area (Å²) in [6.45, 7) is 0. The van der Waals surface area contributed by atoms with E-state index in [1.54, 1.807) is 0 Å². The highest BCUT2D eigenvalue weighted by Crippen LogP contribution is 2.35. The minimum atomic E-state index is -4.52. The lowest BCUT2D eigenvalue weighted by atomic mass is 10.1. The molecule has 0 aromatic heterocycles. The van der Waals surface area contributed by atoms with E-state index in [1.165, 1.54) is 6.07 Å². The molecule has 0 bridgehead atoms. The number of nitrogen functional groups attached to an aromatic ring is 1. The smallest absolute Gasteiger partial charge is 0.398 e. The highest BCUT2D eigenvalue weighted by molar-refractivity contribution is 7.91. The van der Waals surface area contributed by atoms with Crippen molar-refractivity contribution in [2.24, 2.45) is 0 Å². The third kappa shape index (κ3) is 3.31. The molecule has 0 aliphatic carbocycles. The predicted octanol–water partition coefficient (Wildman–Crippen LogP) is 1.89. The Kier molecular flexibility index (Phi) is 3.38. The zero-order valence-corrected chi connectivity index (χ0v) is 10.7. The number of halogens is 3. The molecule has 19 heavy (non-hydrogen) atoms. The van der Waals surface area contributed by atoms with Crippen molar-refractivity contribution < 1.29 is 21.6 Å². The van der Waals surface area contributed by atoms with E-state index in [2.05, 4.69) is 5.32 Å². The van der Waals surface area contributed by atoms with Gasteiger partial charge in [0.15, 0.2) is 9.84 Å². The molecule has 0 saturated carbocycles. The fourth-order valence-corrected chi connectivity index (χ4v) is 3.71. The van der Waals surface area contributed by atoms with Crippen molar-refractivity contribution in [2.45, 2.75) is 18.6 Å². The van der Waals surface area contributed by atoms with Gasteiger partial charge in [-0.1, -0.05) is 0 Å². The molecule has 0 radical (unpaired) electrons. The molecule has 1 aromatic rings. The minimum Gasteiger partial charge on any atom is -0.398 e. The first-order valence-electron chi connectivity index (χ1n) is 5.61. The van der Waals surface area contributed by atoms with Crippen LogP contribution in [0.25, 0.3) is 0 Å². The van der Waals surface area contributed by atoms with Gasteiger partial charge in [-0.05, 0) is 24.6 Å². The number of alkyl halides is 3. The van der Waals surface area contributed by atoms with Crippen molar-refractivity contribution in [3.8, 4) is 0 Å². The normalized spacial score (nSPS) is 22.4. The lowest BCUT2D eigenvalue weighted by Crippen LogP contribution is -2.21. The molecule has 1 unspecified atom stereocenters. The molecule has 8 heteroatoms. The Morgan fingerprint density at radius 2 is 2.00 bits per heavy atom. The standard InChI is InChI=1S/C11H13F3N2O2S/c12-11(13,14)9-5-7(1-2-10(9)15)16-8-3-4-19(17,18)6-8/h1-2,5,8,16H,3-4,6,15H2. The molecule has 106 valence electrons. The van der Waals surface area contributed by atoms with E-state index >= 15 is 0 Å². The molecular formula is C11H13F3N2O2S. The summed E-state index contributed by atoms with van der Waals surface area (Å²) in [5.74, 6) is 0.00446.